The number of carbonyl (C=O) groups excluding carboxylic acids is 1. The van der Waals surface area contributed by atoms with Crippen LogP contribution in [-0.4, -0.2) is 31.6 Å². The summed E-state index contributed by atoms with van der Waals surface area (Å²) in [6, 6.07) is 3.46. The first kappa shape index (κ1) is 11.5. The van der Waals surface area contributed by atoms with Crippen LogP contribution in [0.4, 0.5) is 5.69 Å². The van der Waals surface area contributed by atoms with Crippen LogP contribution in [0, 0.1) is 0 Å². The van der Waals surface area contributed by atoms with Crippen LogP contribution in [0.2, 0.25) is 0 Å². The van der Waals surface area contributed by atoms with E-state index in [-0.39, 0.29) is 5.91 Å². The summed E-state index contributed by atoms with van der Waals surface area (Å²) in [7, 11) is 3.36. The van der Waals surface area contributed by atoms with E-state index in [1.54, 1.807) is 25.4 Å². The Morgan fingerprint density at radius 3 is 2.87 bits per heavy atom. The number of hydrogen-bond donors (Lipinski definition) is 2. The standard InChI is InChI=1S/C10H15N3O2/c1-11-6-5-9(14)13-8-3-4-10(15-2)12-7-8/h3-4,7,11H,5-6H2,1-2H3,(H,13,14). The highest BCUT2D eigenvalue weighted by Gasteiger charge is 2.01. The first-order valence-electron chi connectivity index (χ1n) is 4.70. The first-order chi connectivity index (χ1) is 7.26. The summed E-state index contributed by atoms with van der Waals surface area (Å²) in [6.45, 7) is 0.662. The molecule has 0 aliphatic rings. The van der Waals surface area contributed by atoms with Crippen molar-refractivity contribution in [2.45, 2.75) is 6.42 Å². The number of nitrogens with zero attached hydrogens (tertiary/aromatic N) is 1. The van der Waals surface area contributed by atoms with Crippen molar-refractivity contribution in [2.24, 2.45) is 0 Å². The van der Waals surface area contributed by atoms with Gasteiger partial charge in [0.05, 0.1) is 19.0 Å². The van der Waals surface area contributed by atoms with Gasteiger partial charge in [0.1, 0.15) is 0 Å². The average molecular weight is 209 g/mol. The van der Waals surface area contributed by atoms with Crippen LogP contribution in [0.3, 0.4) is 0 Å². The summed E-state index contributed by atoms with van der Waals surface area (Å²) in [5.41, 5.74) is 0.678. The van der Waals surface area contributed by atoms with Gasteiger partial charge < -0.3 is 15.4 Å². The first-order valence-corrected chi connectivity index (χ1v) is 4.70. The summed E-state index contributed by atoms with van der Waals surface area (Å²) in [5, 5.41) is 5.64. The molecule has 1 rings (SSSR count). The van der Waals surface area contributed by atoms with E-state index in [1.165, 1.54) is 0 Å². The zero-order valence-corrected chi connectivity index (χ0v) is 8.91. The van der Waals surface area contributed by atoms with E-state index < -0.39 is 0 Å². The number of carbonyl (C=O) groups is 1. The molecular weight excluding hydrogens is 194 g/mol. The molecule has 0 fully saturated rings. The van der Waals surface area contributed by atoms with E-state index in [9.17, 15) is 4.79 Å². The SMILES string of the molecule is CNCCC(=O)Nc1ccc(OC)nc1. The summed E-state index contributed by atoms with van der Waals surface area (Å²) in [5.74, 6) is 0.500. The largest absolute Gasteiger partial charge is 0.481 e. The minimum Gasteiger partial charge on any atom is -0.481 e. The Morgan fingerprint density at radius 1 is 1.53 bits per heavy atom. The molecule has 0 radical (unpaired) electrons. The number of methoxy groups -OCH3 is 1. The minimum atomic E-state index is -0.0312. The van der Waals surface area contributed by atoms with Crippen molar-refractivity contribution in [3.63, 3.8) is 0 Å². The second-order valence-electron chi connectivity index (χ2n) is 2.99. The summed E-state index contributed by atoms with van der Waals surface area (Å²) in [6.07, 6.45) is 2.01. The second kappa shape index (κ2) is 5.98. The molecule has 0 aliphatic heterocycles. The van der Waals surface area contributed by atoms with E-state index in [1.807, 2.05) is 7.05 Å². The second-order valence-corrected chi connectivity index (χ2v) is 2.99. The molecule has 0 unspecified atom stereocenters. The maximum Gasteiger partial charge on any atom is 0.225 e. The van der Waals surface area contributed by atoms with Crippen molar-refractivity contribution in [3.8, 4) is 5.88 Å². The van der Waals surface area contributed by atoms with Crippen LogP contribution in [0.15, 0.2) is 18.3 Å². The molecule has 0 bridgehead atoms. The van der Waals surface area contributed by atoms with Crippen LogP contribution in [0.25, 0.3) is 0 Å². The monoisotopic (exact) mass is 209 g/mol. The van der Waals surface area contributed by atoms with Crippen molar-refractivity contribution in [3.05, 3.63) is 18.3 Å². The molecule has 0 saturated heterocycles. The zero-order chi connectivity index (χ0) is 11.1. The van der Waals surface area contributed by atoms with E-state index >= 15 is 0 Å². The molecule has 82 valence electrons. The van der Waals surface area contributed by atoms with Gasteiger partial charge in [-0.05, 0) is 13.1 Å². The Balaban J connectivity index is 2.46. The normalized spacial score (nSPS) is 9.73. The number of hydrogen-bond acceptors (Lipinski definition) is 4. The lowest BCUT2D eigenvalue weighted by atomic mass is 10.3. The molecule has 0 aromatic carbocycles. The van der Waals surface area contributed by atoms with Gasteiger partial charge in [0.25, 0.3) is 0 Å². The van der Waals surface area contributed by atoms with Gasteiger partial charge in [0.15, 0.2) is 0 Å². The molecule has 0 saturated carbocycles. The third-order valence-electron chi connectivity index (χ3n) is 1.83. The highest BCUT2D eigenvalue weighted by atomic mass is 16.5. The van der Waals surface area contributed by atoms with Crippen LogP contribution >= 0.6 is 0 Å². The number of rotatable bonds is 5. The van der Waals surface area contributed by atoms with Gasteiger partial charge in [-0.3, -0.25) is 4.79 Å². The Hall–Kier alpha value is -1.62. The predicted octanol–water partition coefficient (Wildman–Crippen LogP) is 0.638. The van der Waals surface area contributed by atoms with Gasteiger partial charge in [-0.2, -0.15) is 0 Å². The molecule has 0 atom stereocenters. The van der Waals surface area contributed by atoms with Gasteiger partial charge in [0, 0.05) is 19.0 Å². The Bertz CT molecular complexity index is 311. The molecule has 1 aromatic heterocycles. The molecule has 0 aliphatic carbocycles. The fraction of sp³-hybridized carbons (Fsp3) is 0.400. The summed E-state index contributed by atoms with van der Waals surface area (Å²) < 4.78 is 4.91. The fourth-order valence-electron chi connectivity index (χ4n) is 1.04. The van der Waals surface area contributed by atoms with Crippen molar-refractivity contribution in [1.82, 2.24) is 10.3 Å². The molecule has 1 aromatic rings. The Labute approximate surface area is 88.9 Å². The minimum absolute atomic E-state index is 0.0312. The summed E-state index contributed by atoms with van der Waals surface area (Å²) in [4.78, 5) is 15.3. The predicted molar refractivity (Wildman–Crippen MR) is 58.0 cm³/mol. The van der Waals surface area contributed by atoms with Crippen molar-refractivity contribution >= 4 is 11.6 Å². The molecule has 5 nitrogen and oxygen atoms in total. The molecule has 1 amide bonds. The highest BCUT2D eigenvalue weighted by Crippen LogP contribution is 2.10. The van der Waals surface area contributed by atoms with Crippen LogP contribution in [0.5, 0.6) is 5.88 Å². The van der Waals surface area contributed by atoms with Crippen molar-refractivity contribution < 1.29 is 9.53 Å². The molecule has 0 spiro atoms. The lowest BCUT2D eigenvalue weighted by Gasteiger charge is -2.05. The lowest BCUT2D eigenvalue weighted by Crippen LogP contribution is -2.18. The van der Waals surface area contributed by atoms with Gasteiger partial charge in [-0.1, -0.05) is 0 Å². The average Bonchev–Trinajstić information content (AvgIpc) is 2.27. The number of amides is 1. The van der Waals surface area contributed by atoms with Crippen molar-refractivity contribution in [2.75, 3.05) is 26.0 Å². The third-order valence-corrected chi connectivity index (χ3v) is 1.83. The molecule has 5 heteroatoms. The van der Waals surface area contributed by atoms with E-state index in [2.05, 4.69) is 15.6 Å². The maximum absolute atomic E-state index is 11.3. The number of pyridine rings is 1. The summed E-state index contributed by atoms with van der Waals surface area (Å²) >= 11 is 0. The smallest absolute Gasteiger partial charge is 0.225 e. The Morgan fingerprint density at radius 2 is 2.33 bits per heavy atom. The lowest BCUT2D eigenvalue weighted by molar-refractivity contribution is -0.116. The van der Waals surface area contributed by atoms with Crippen LogP contribution in [-0.2, 0) is 4.79 Å². The Kier molecular flexibility index (Phi) is 4.56. The van der Waals surface area contributed by atoms with Crippen molar-refractivity contribution in [1.29, 1.82) is 0 Å². The number of aromatic nitrogens is 1. The number of anilines is 1. The van der Waals surface area contributed by atoms with E-state index in [0.717, 1.165) is 0 Å². The highest BCUT2D eigenvalue weighted by molar-refractivity contribution is 5.90. The molecular formula is C10H15N3O2. The van der Waals surface area contributed by atoms with E-state index in [0.29, 0.717) is 24.5 Å². The van der Waals surface area contributed by atoms with Gasteiger partial charge in [-0.15, -0.1) is 0 Å². The third kappa shape index (κ3) is 3.95. The topological polar surface area (TPSA) is 63.2 Å². The molecule has 2 N–H and O–H groups in total. The maximum atomic E-state index is 11.3. The number of ether oxygens (including phenoxy) is 1. The molecule has 15 heavy (non-hydrogen) atoms. The molecule has 1 heterocycles. The fourth-order valence-corrected chi connectivity index (χ4v) is 1.04. The van der Waals surface area contributed by atoms with Gasteiger partial charge in [0.2, 0.25) is 11.8 Å². The van der Waals surface area contributed by atoms with Gasteiger partial charge in [-0.25, -0.2) is 4.98 Å². The zero-order valence-electron chi connectivity index (χ0n) is 8.91. The van der Waals surface area contributed by atoms with E-state index in [4.69, 9.17) is 4.74 Å². The van der Waals surface area contributed by atoms with Crippen LogP contribution in [0.1, 0.15) is 6.42 Å². The quantitative estimate of drug-likeness (QED) is 0.747. The number of nitrogens with one attached hydrogen (secondary N) is 2. The van der Waals surface area contributed by atoms with Gasteiger partial charge >= 0.3 is 0 Å². The van der Waals surface area contributed by atoms with Crippen LogP contribution < -0.4 is 15.4 Å².